The van der Waals surface area contributed by atoms with Gasteiger partial charge in [-0.15, -0.1) is 0 Å². The predicted molar refractivity (Wildman–Crippen MR) is 100.0 cm³/mol. The first-order chi connectivity index (χ1) is 13.3. The Morgan fingerprint density at radius 3 is 2.25 bits per heavy atom. The van der Waals surface area contributed by atoms with E-state index in [1.165, 1.54) is 30.6 Å². The van der Waals surface area contributed by atoms with Crippen LogP contribution in [-0.2, 0) is 12.7 Å². The normalized spacial score (nSPS) is 11.1. The first-order valence-corrected chi connectivity index (χ1v) is 8.39. The van der Waals surface area contributed by atoms with Crippen LogP contribution in [0.25, 0.3) is 0 Å². The summed E-state index contributed by atoms with van der Waals surface area (Å²) in [5.74, 6) is -0.315. The summed E-state index contributed by atoms with van der Waals surface area (Å²) in [7, 11) is 1.81. The zero-order chi connectivity index (χ0) is 20.1. The van der Waals surface area contributed by atoms with Crippen molar-refractivity contribution in [1.82, 2.24) is 9.97 Å². The number of amides is 1. The minimum atomic E-state index is -4.57. The fourth-order valence-electron chi connectivity index (χ4n) is 2.60. The predicted octanol–water partition coefficient (Wildman–Crippen LogP) is 4.38. The highest BCUT2D eigenvalue weighted by atomic mass is 19.4. The molecule has 0 spiro atoms. The monoisotopic (exact) mass is 386 g/mol. The molecule has 144 valence electrons. The topological polar surface area (TPSA) is 58.1 Å². The highest BCUT2D eigenvalue weighted by molar-refractivity contribution is 6.04. The maximum absolute atomic E-state index is 13.0. The molecular weight excluding hydrogens is 369 g/mol. The van der Waals surface area contributed by atoms with Crippen molar-refractivity contribution >= 4 is 17.5 Å². The molecule has 1 amide bonds. The van der Waals surface area contributed by atoms with Crippen molar-refractivity contribution in [3.8, 4) is 0 Å². The highest BCUT2D eigenvalue weighted by Crippen LogP contribution is 2.34. The molecule has 1 aromatic heterocycles. The number of carbonyl (C=O) groups is 1. The Hall–Kier alpha value is -3.42. The zero-order valence-electron chi connectivity index (χ0n) is 14.9. The second-order valence-electron chi connectivity index (χ2n) is 6.11. The Labute approximate surface area is 159 Å². The average Bonchev–Trinajstić information content (AvgIpc) is 2.68. The summed E-state index contributed by atoms with van der Waals surface area (Å²) >= 11 is 0. The molecule has 0 aliphatic carbocycles. The van der Waals surface area contributed by atoms with E-state index in [0.717, 1.165) is 11.6 Å². The van der Waals surface area contributed by atoms with E-state index in [2.05, 4.69) is 15.3 Å². The number of nitrogens with one attached hydrogen (secondary N) is 1. The molecule has 0 saturated heterocycles. The van der Waals surface area contributed by atoms with Gasteiger partial charge in [0.1, 0.15) is 0 Å². The maximum Gasteiger partial charge on any atom is 0.418 e. The van der Waals surface area contributed by atoms with E-state index in [0.29, 0.717) is 12.5 Å². The number of rotatable bonds is 5. The second-order valence-corrected chi connectivity index (χ2v) is 6.11. The molecule has 0 bridgehead atoms. The fraction of sp³-hybridized carbons (Fsp3) is 0.150. The molecule has 0 atom stereocenters. The van der Waals surface area contributed by atoms with E-state index in [1.807, 2.05) is 37.4 Å². The lowest BCUT2D eigenvalue weighted by Crippen LogP contribution is -2.20. The third-order valence-corrected chi connectivity index (χ3v) is 3.99. The van der Waals surface area contributed by atoms with Crippen LogP contribution >= 0.6 is 0 Å². The molecule has 0 fully saturated rings. The summed E-state index contributed by atoms with van der Waals surface area (Å²) in [6.07, 6.45) is -1.99. The maximum atomic E-state index is 13.0. The van der Waals surface area contributed by atoms with Crippen LogP contribution in [0, 0.1) is 0 Å². The molecule has 0 aliphatic rings. The Morgan fingerprint density at radius 2 is 1.61 bits per heavy atom. The molecule has 0 aliphatic heterocycles. The van der Waals surface area contributed by atoms with Crippen molar-refractivity contribution in [2.75, 3.05) is 17.3 Å². The number of aromatic nitrogens is 2. The van der Waals surface area contributed by atoms with Crippen molar-refractivity contribution < 1.29 is 18.0 Å². The summed E-state index contributed by atoms with van der Waals surface area (Å²) < 4.78 is 39.1. The van der Waals surface area contributed by atoms with Crippen LogP contribution in [0.2, 0.25) is 0 Å². The van der Waals surface area contributed by atoms with Crippen molar-refractivity contribution in [1.29, 1.82) is 0 Å². The molecule has 0 radical (unpaired) electrons. The number of halogens is 3. The van der Waals surface area contributed by atoms with Gasteiger partial charge in [-0.2, -0.15) is 13.2 Å². The Kier molecular flexibility index (Phi) is 5.58. The smallest absolute Gasteiger partial charge is 0.340 e. The van der Waals surface area contributed by atoms with Crippen LogP contribution in [0.1, 0.15) is 21.5 Å². The van der Waals surface area contributed by atoms with Gasteiger partial charge in [0.2, 0.25) is 5.95 Å². The summed E-state index contributed by atoms with van der Waals surface area (Å²) in [6, 6.07) is 14.5. The number of hydrogen-bond acceptors (Lipinski definition) is 4. The molecule has 2 aromatic carbocycles. The lowest BCUT2D eigenvalue weighted by molar-refractivity contribution is -0.136. The number of benzene rings is 2. The number of alkyl halides is 3. The van der Waals surface area contributed by atoms with Gasteiger partial charge < -0.3 is 10.2 Å². The summed E-state index contributed by atoms with van der Waals surface area (Å²) in [4.78, 5) is 22.4. The molecule has 0 saturated carbocycles. The van der Waals surface area contributed by atoms with Crippen LogP contribution in [0.5, 0.6) is 0 Å². The van der Waals surface area contributed by atoms with E-state index >= 15 is 0 Å². The van der Waals surface area contributed by atoms with Crippen LogP contribution < -0.4 is 10.2 Å². The van der Waals surface area contributed by atoms with E-state index in [4.69, 9.17) is 0 Å². The van der Waals surface area contributed by atoms with Crippen LogP contribution in [0.3, 0.4) is 0 Å². The highest BCUT2D eigenvalue weighted by Gasteiger charge is 2.33. The zero-order valence-corrected chi connectivity index (χ0v) is 14.9. The van der Waals surface area contributed by atoms with Crippen molar-refractivity contribution in [2.45, 2.75) is 12.7 Å². The van der Waals surface area contributed by atoms with Crippen LogP contribution in [0.15, 0.2) is 67.0 Å². The largest absolute Gasteiger partial charge is 0.418 e. The molecule has 5 nitrogen and oxygen atoms in total. The van der Waals surface area contributed by atoms with Crippen LogP contribution in [-0.4, -0.2) is 22.9 Å². The van der Waals surface area contributed by atoms with Gasteiger partial charge in [0, 0.05) is 26.0 Å². The third-order valence-electron chi connectivity index (χ3n) is 3.99. The quantitative estimate of drug-likeness (QED) is 0.707. The van der Waals surface area contributed by atoms with Crippen molar-refractivity contribution in [3.05, 3.63) is 83.7 Å². The molecule has 28 heavy (non-hydrogen) atoms. The van der Waals surface area contributed by atoms with E-state index in [1.54, 1.807) is 4.90 Å². The van der Waals surface area contributed by atoms with Gasteiger partial charge in [0.05, 0.1) is 16.8 Å². The first-order valence-electron chi connectivity index (χ1n) is 8.39. The van der Waals surface area contributed by atoms with E-state index in [9.17, 15) is 18.0 Å². The molecular formula is C20H17F3N4O. The number of nitrogens with zero attached hydrogens (tertiary/aromatic N) is 3. The summed E-state index contributed by atoms with van der Waals surface area (Å²) in [5, 5.41) is 2.27. The number of carbonyl (C=O) groups excluding carboxylic acids is 1. The number of hydrogen-bond donors (Lipinski definition) is 1. The third kappa shape index (κ3) is 4.64. The number of para-hydroxylation sites is 1. The standard InChI is InChI=1S/C20H17F3N4O/c1-27(13-14-7-3-2-4-8-14)19-24-11-15(12-25-19)18(28)26-17-10-6-5-9-16(17)20(21,22)23/h2-12H,13H2,1H3,(H,26,28). The van der Waals surface area contributed by atoms with Gasteiger partial charge in [-0.05, 0) is 17.7 Å². The van der Waals surface area contributed by atoms with E-state index < -0.39 is 17.6 Å². The summed E-state index contributed by atoms with van der Waals surface area (Å²) in [6.45, 7) is 0.575. The van der Waals surface area contributed by atoms with Crippen molar-refractivity contribution in [2.24, 2.45) is 0 Å². The fourth-order valence-corrected chi connectivity index (χ4v) is 2.60. The van der Waals surface area contributed by atoms with Gasteiger partial charge in [-0.3, -0.25) is 4.79 Å². The Bertz CT molecular complexity index is 944. The van der Waals surface area contributed by atoms with Gasteiger partial charge >= 0.3 is 6.18 Å². The lowest BCUT2D eigenvalue weighted by Gasteiger charge is -2.17. The second kappa shape index (κ2) is 8.08. The lowest BCUT2D eigenvalue weighted by atomic mass is 10.1. The van der Waals surface area contributed by atoms with Gasteiger partial charge in [-0.1, -0.05) is 42.5 Å². The van der Waals surface area contributed by atoms with Gasteiger partial charge in [0.25, 0.3) is 5.91 Å². The molecule has 8 heteroatoms. The van der Waals surface area contributed by atoms with Crippen LogP contribution in [0.4, 0.5) is 24.8 Å². The SMILES string of the molecule is CN(Cc1ccccc1)c1ncc(C(=O)Nc2ccccc2C(F)(F)F)cn1. The Balaban J connectivity index is 1.71. The van der Waals surface area contributed by atoms with E-state index in [-0.39, 0.29) is 11.3 Å². The summed E-state index contributed by atoms with van der Waals surface area (Å²) in [5.41, 5.74) is -0.0956. The molecule has 3 aromatic rings. The average molecular weight is 386 g/mol. The van der Waals surface area contributed by atoms with Crippen molar-refractivity contribution in [3.63, 3.8) is 0 Å². The number of anilines is 2. The first kappa shape index (κ1) is 19.3. The minimum absolute atomic E-state index is 0.0637. The molecule has 0 unspecified atom stereocenters. The minimum Gasteiger partial charge on any atom is -0.340 e. The molecule has 3 rings (SSSR count). The Morgan fingerprint density at radius 1 is 1.00 bits per heavy atom. The van der Waals surface area contributed by atoms with Gasteiger partial charge in [0.15, 0.2) is 0 Å². The molecule has 1 N–H and O–H groups in total. The molecule has 1 heterocycles. The van der Waals surface area contributed by atoms with Gasteiger partial charge in [-0.25, -0.2) is 9.97 Å².